The number of oxime groups is 1. The van der Waals surface area contributed by atoms with Crippen molar-refractivity contribution in [2.75, 3.05) is 30.9 Å². The number of hydrogen-bond donors (Lipinski definition) is 1. The van der Waals surface area contributed by atoms with Crippen molar-refractivity contribution in [2.45, 2.75) is 39.7 Å². The number of nitrogens with zero attached hydrogens (tertiary/aromatic N) is 4. The number of hydrogen-bond acceptors (Lipinski definition) is 6. The first-order chi connectivity index (χ1) is 9.51. The van der Waals surface area contributed by atoms with Crippen LogP contribution in [0.15, 0.2) is 5.16 Å². The van der Waals surface area contributed by atoms with E-state index in [0.29, 0.717) is 12.5 Å². The first-order valence-corrected chi connectivity index (χ1v) is 6.99. The predicted octanol–water partition coefficient (Wildman–Crippen LogP) is 2.13. The van der Waals surface area contributed by atoms with Gasteiger partial charge < -0.3 is 15.1 Å². The van der Waals surface area contributed by atoms with Crippen molar-refractivity contribution in [2.24, 2.45) is 5.16 Å². The standard InChI is InChI=1S/C14H23N5O/c1-6-11-7-12(20-18-11)8-15-13-9(2)10(3)16-14(17-13)19(4)5/h12H,6-8H2,1-5H3,(H,15,16,17)/t12-/m0/s1. The third kappa shape index (κ3) is 3.18. The molecule has 0 aliphatic carbocycles. The topological polar surface area (TPSA) is 62.6 Å². The molecule has 2 heterocycles. The van der Waals surface area contributed by atoms with Crippen LogP contribution in [0.5, 0.6) is 0 Å². The molecule has 0 spiro atoms. The normalized spacial score (nSPS) is 17.6. The molecule has 110 valence electrons. The lowest BCUT2D eigenvalue weighted by atomic mass is 10.1. The van der Waals surface area contributed by atoms with E-state index in [1.54, 1.807) is 0 Å². The molecule has 0 saturated carbocycles. The first kappa shape index (κ1) is 14.6. The van der Waals surface area contributed by atoms with Gasteiger partial charge in [-0.15, -0.1) is 0 Å². The van der Waals surface area contributed by atoms with Crippen LogP contribution in [0.4, 0.5) is 11.8 Å². The Hall–Kier alpha value is -1.85. The quantitative estimate of drug-likeness (QED) is 0.893. The van der Waals surface area contributed by atoms with Gasteiger partial charge >= 0.3 is 0 Å². The maximum Gasteiger partial charge on any atom is 0.227 e. The minimum Gasteiger partial charge on any atom is -0.390 e. The van der Waals surface area contributed by atoms with Gasteiger partial charge in [-0.05, 0) is 20.3 Å². The Morgan fingerprint density at radius 1 is 1.30 bits per heavy atom. The summed E-state index contributed by atoms with van der Waals surface area (Å²) < 4.78 is 0. The Morgan fingerprint density at radius 2 is 2.05 bits per heavy atom. The third-order valence-electron chi connectivity index (χ3n) is 3.48. The van der Waals surface area contributed by atoms with E-state index < -0.39 is 0 Å². The third-order valence-corrected chi connectivity index (χ3v) is 3.48. The molecule has 0 radical (unpaired) electrons. The summed E-state index contributed by atoms with van der Waals surface area (Å²) in [5.74, 6) is 1.59. The van der Waals surface area contributed by atoms with Gasteiger partial charge in [-0.3, -0.25) is 0 Å². The van der Waals surface area contributed by atoms with Crippen LogP contribution in [-0.4, -0.2) is 42.4 Å². The second-order valence-electron chi connectivity index (χ2n) is 5.30. The summed E-state index contributed by atoms with van der Waals surface area (Å²) in [5.41, 5.74) is 3.19. The van der Waals surface area contributed by atoms with Crippen LogP contribution in [0.25, 0.3) is 0 Å². The Labute approximate surface area is 120 Å². The van der Waals surface area contributed by atoms with Crippen LogP contribution in [0.1, 0.15) is 31.0 Å². The van der Waals surface area contributed by atoms with Crippen molar-refractivity contribution < 1.29 is 4.84 Å². The average molecular weight is 277 g/mol. The summed E-state index contributed by atoms with van der Waals surface area (Å²) in [4.78, 5) is 16.3. The maximum atomic E-state index is 5.40. The molecule has 1 aromatic heterocycles. The van der Waals surface area contributed by atoms with Crippen molar-refractivity contribution in [3.63, 3.8) is 0 Å². The van der Waals surface area contributed by atoms with Gasteiger partial charge in [0.25, 0.3) is 0 Å². The maximum absolute atomic E-state index is 5.40. The van der Waals surface area contributed by atoms with Gasteiger partial charge in [-0.25, -0.2) is 4.98 Å². The number of aryl methyl sites for hydroxylation is 1. The molecule has 0 amide bonds. The van der Waals surface area contributed by atoms with E-state index >= 15 is 0 Å². The molecule has 0 aromatic carbocycles. The van der Waals surface area contributed by atoms with E-state index in [1.165, 1.54) is 0 Å². The van der Waals surface area contributed by atoms with Gasteiger partial charge in [0.1, 0.15) is 11.9 Å². The van der Waals surface area contributed by atoms with Crippen LogP contribution in [0, 0.1) is 13.8 Å². The number of rotatable bonds is 5. The van der Waals surface area contributed by atoms with Gasteiger partial charge in [0.2, 0.25) is 5.95 Å². The SMILES string of the molecule is CCC1=NO[C@H](CNc2nc(N(C)C)nc(C)c2C)C1. The lowest BCUT2D eigenvalue weighted by molar-refractivity contribution is 0.0948. The van der Waals surface area contributed by atoms with Gasteiger partial charge in [0.05, 0.1) is 12.3 Å². The van der Waals surface area contributed by atoms with Crippen LogP contribution in [-0.2, 0) is 4.84 Å². The summed E-state index contributed by atoms with van der Waals surface area (Å²) in [5, 5.41) is 7.43. The van der Waals surface area contributed by atoms with Crippen LogP contribution in [0.2, 0.25) is 0 Å². The van der Waals surface area contributed by atoms with E-state index in [0.717, 1.165) is 35.6 Å². The second kappa shape index (κ2) is 6.07. The zero-order valence-electron chi connectivity index (χ0n) is 12.9. The van der Waals surface area contributed by atoms with Gasteiger partial charge in [0.15, 0.2) is 0 Å². The highest BCUT2D eigenvalue weighted by atomic mass is 16.6. The molecular formula is C14H23N5O. The lowest BCUT2D eigenvalue weighted by Gasteiger charge is -2.17. The fraction of sp³-hybridized carbons (Fsp3) is 0.643. The van der Waals surface area contributed by atoms with Crippen molar-refractivity contribution >= 4 is 17.5 Å². The summed E-state index contributed by atoms with van der Waals surface area (Å²) in [6.45, 7) is 6.83. The molecule has 1 aromatic rings. The lowest BCUT2D eigenvalue weighted by Crippen LogP contribution is -2.22. The number of aromatic nitrogens is 2. The Morgan fingerprint density at radius 3 is 2.65 bits per heavy atom. The minimum atomic E-state index is 0.0995. The molecule has 2 rings (SSSR count). The van der Waals surface area contributed by atoms with E-state index in [2.05, 4.69) is 27.4 Å². The Bertz CT molecular complexity index is 513. The highest BCUT2D eigenvalue weighted by Gasteiger charge is 2.20. The zero-order chi connectivity index (χ0) is 14.7. The van der Waals surface area contributed by atoms with Crippen LogP contribution >= 0.6 is 0 Å². The molecular weight excluding hydrogens is 254 g/mol. The van der Waals surface area contributed by atoms with E-state index in [-0.39, 0.29) is 6.10 Å². The minimum absolute atomic E-state index is 0.0995. The van der Waals surface area contributed by atoms with Gasteiger partial charge in [0, 0.05) is 31.8 Å². The molecule has 1 N–H and O–H groups in total. The largest absolute Gasteiger partial charge is 0.390 e. The zero-order valence-corrected chi connectivity index (χ0v) is 12.9. The summed E-state index contributed by atoms with van der Waals surface area (Å²) in [6, 6.07) is 0. The predicted molar refractivity (Wildman–Crippen MR) is 81.5 cm³/mol. The molecule has 1 atom stereocenters. The summed E-state index contributed by atoms with van der Waals surface area (Å²) in [6.07, 6.45) is 1.95. The average Bonchev–Trinajstić information content (AvgIpc) is 2.88. The molecule has 1 aliphatic heterocycles. The Kier molecular flexibility index (Phi) is 4.42. The molecule has 0 fully saturated rings. The number of nitrogens with one attached hydrogen (secondary N) is 1. The molecule has 6 nitrogen and oxygen atoms in total. The smallest absolute Gasteiger partial charge is 0.227 e. The first-order valence-electron chi connectivity index (χ1n) is 6.99. The molecule has 0 saturated heterocycles. The highest BCUT2D eigenvalue weighted by Crippen LogP contribution is 2.19. The molecule has 0 bridgehead atoms. The van der Waals surface area contributed by atoms with Crippen molar-refractivity contribution in [3.8, 4) is 0 Å². The monoisotopic (exact) mass is 277 g/mol. The van der Waals surface area contributed by atoms with Crippen LogP contribution in [0.3, 0.4) is 0 Å². The van der Waals surface area contributed by atoms with Crippen molar-refractivity contribution in [1.82, 2.24) is 9.97 Å². The molecule has 20 heavy (non-hydrogen) atoms. The number of anilines is 2. The van der Waals surface area contributed by atoms with E-state index in [1.807, 2.05) is 32.8 Å². The van der Waals surface area contributed by atoms with E-state index in [4.69, 9.17) is 4.84 Å². The fourth-order valence-corrected chi connectivity index (χ4v) is 2.00. The summed E-state index contributed by atoms with van der Waals surface area (Å²) >= 11 is 0. The van der Waals surface area contributed by atoms with Crippen molar-refractivity contribution in [3.05, 3.63) is 11.3 Å². The Balaban J connectivity index is 2.02. The van der Waals surface area contributed by atoms with E-state index in [9.17, 15) is 0 Å². The second-order valence-corrected chi connectivity index (χ2v) is 5.30. The van der Waals surface area contributed by atoms with Gasteiger partial charge in [-0.1, -0.05) is 12.1 Å². The van der Waals surface area contributed by atoms with Crippen molar-refractivity contribution in [1.29, 1.82) is 0 Å². The molecule has 0 unspecified atom stereocenters. The van der Waals surface area contributed by atoms with Gasteiger partial charge in [-0.2, -0.15) is 4.98 Å². The molecule has 1 aliphatic rings. The highest BCUT2D eigenvalue weighted by molar-refractivity contribution is 5.85. The van der Waals surface area contributed by atoms with Crippen LogP contribution < -0.4 is 10.2 Å². The fourth-order valence-electron chi connectivity index (χ4n) is 2.00. The molecule has 6 heteroatoms. The summed E-state index contributed by atoms with van der Waals surface area (Å²) in [7, 11) is 3.88.